The average molecular weight is 597 g/mol. The van der Waals surface area contributed by atoms with Crippen LogP contribution in [0.4, 0.5) is 0 Å². The van der Waals surface area contributed by atoms with Crippen molar-refractivity contribution in [1.29, 1.82) is 0 Å². The quantitative estimate of drug-likeness (QED) is 0.203. The van der Waals surface area contributed by atoms with Crippen LogP contribution in [-0.4, -0.2) is 19.1 Å². The monoisotopic (exact) mass is 596 g/mol. The second-order valence-electron chi connectivity index (χ2n) is 12.0. The Hall–Kier alpha value is -5.26. The van der Waals surface area contributed by atoms with Gasteiger partial charge in [0.1, 0.15) is 0 Å². The van der Waals surface area contributed by atoms with Crippen LogP contribution in [0.3, 0.4) is 0 Å². The van der Waals surface area contributed by atoms with E-state index in [0.717, 1.165) is 41.0 Å². The number of para-hydroxylation sites is 3. The summed E-state index contributed by atoms with van der Waals surface area (Å²) in [7, 11) is 0. The molecule has 0 fully saturated rings. The first-order chi connectivity index (χ1) is 22.3. The molecule has 0 spiro atoms. The molecular formula is C40H28N4S. The molecule has 45 heavy (non-hydrogen) atoms. The van der Waals surface area contributed by atoms with Crippen molar-refractivity contribution in [3.63, 3.8) is 0 Å². The molecular weight excluding hydrogens is 569 g/mol. The maximum absolute atomic E-state index is 5.39. The first-order valence-electron chi connectivity index (χ1n) is 15.7. The first kappa shape index (κ1) is 25.1. The van der Waals surface area contributed by atoms with Gasteiger partial charge in [-0.05, 0) is 55.5 Å². The summed E-state index contributed by atoms with van der Waals surface area (Å²) < 4.78 is 7.50. The van der Waals surface area contributed by atoms with Gasteiger partial charge in [0.05, 0.1) is 37.2 Å². The predicted octanol–water partition coefficient (Wildman–Crippen LogP) is 10.4. The molecule has 5 heteroatoms. The zero-order chi connectivity index (χ0) is 29.5. The fourth-order valence-corrected chi connectivity index (χ4v) is 8.95. The van der Waals surface area contributed by atoms with E-state index in [-0.39, 0.29) is 0 Å². The third-order valence-corrected chi connectivity index (χ3v) is 10.8. The lowest BCUT2D eigenvalue weighted by molar-refractivity contribution is 0.662. The summed E-state index contributed by atoms with van der Waals surface area (Å²) in [6.07, 6.45) is 4.52. The van der Waals surface area contributed by atoms with Crippen molar-refractivity contribution < 1.29 is 0 Å². The van der Waals surface area contributed by atoms with Crippen LogP contribution in [0.2, 0.25) is 0 Å². The summed E-state index contributed by atoms with van der Waals surface area (Å²) in [5.74, 6) is 0.766. The van der Waals surface area contributed by atoms with Crippen molar-refractivity contribution in [1.82, 2.24) is 19.1 Å². The van der Waals surface area contributed by atoms with Gasteiger partial charge in [-0.3, -0.25) is 4.57 Å². The fraction of sp³-hybridized carbons (Fsp3) is 0.100. The van der Waals surface area contributed by atoms with Crippen molar-refractivity contribution >= 4 is 64.3 Å². The highest BCUT2D eigenvalue weighted by molar-refractivity contribution is 7.27. The van der Waals surface area contributed by atoms with E-state index in [4.69, 9.17) is 9.97 Å². The zero-order valence-corrected chi connectivity index (χ0v) is 25.4. The lowest BCUT2D eigenvalue weighted by atomic mass is 9.95. The summed E-state index contributed by atoms with van der Waals surface area (Å²) in [6.45, 7) is 0. The topological polar surface area (TPSA) is 35.6 Å². The Morgan fingerprint density at radius 1 is 0.533 bits per heavy atom. The SMILES string of the molecule is c1ccc(-c2nc(-n3c4c(c5ccc6c(sc7c8ccccc8n(-c8ccccc8)c67)c53)CCCC4)nc3ccccc23)cc1. The number of thiophene rings is 1. The molecule has 0 atom stereocenters. The van der Waals surface area contributed by atoms with Gasteiger partial charge >= 0.3 is 0 Å². The van der Waals surface area contributed by atoms with Crippen molar-refractivity contribution in [2.45, 2.75) is 25.7 Å². The number of fused-ring (bicyclic) bond motifs is 10. The van der Waals surface area contributed by atoms with Crippen LogP contribution in [0.25, 0.3) is 75.9 Å². The lowest BCUT2D eigenvalue weighted by Gasteiger charge is -2.16. The molecule has 1 aliphatic rings. The molecule has 4 nitrogen and oxygen atoms in total. The number of benzene rings is 5. The highest BCUT2D eigenvalue weighted by Crippen LogP contribution is 2.47. The molecule has 4 aromatic heterocycles. The van der Waals surface area contributed by atoms with E-state index >= 15 is 0 Å². The van der Waals surface area contributed by atoms with Gasteiger partial charge in [0, 0.05) is 38.5 Å². The second-order valence-corrected chi connectivity index (χ2v) is 13.1. The summed E-state index contributed by atoms with van der Waals surface area (Å²) in [5, 5.41) is 4.99. The van der Waals surface area contributed by atoms with Gasteiger partial charge < -0.3 is 4.57 Å². The molecule has 5 aromatic carbocycles. The van der Waals surface area contributed by atoms with Crippen LogP contribution < -0.4 is 0 Å². The maximum Gasteiger partial charge on any atom is 0.235 e. The van der Waals surface area contributed by atoms with Gasteiger partial charge in [-0.2, -0.15) is 0 Å². The van der Waals surface area contributed by atoms with E-state index in [9.17, 15) is 0 Å². The number of hydrogen-bond donors (Lipinski definition) is 0. The molecule has 0 amide bonds. The Labute approximate surface area is 263 Å². The Bertz CT molecular complexity index is 2590. The molecule has 9 aromatic rings. The maximum atomic E-state index is 5.39. The van der Waals surface area contributed by atoms with E-state index in [1.165, 1.54) is 71.9 Å². The van der Waals surface area contributed by atoms with E-state index < -0.39 is 0 Å². The Morgan fingerprint density at radius 2 is 1.20 bits per heavy atom. The highest BCUT2D eigenvalue weighted by atomic mass is 32.1. The molecule has 0 aliphatic heterocycles. The Morgan fingerprint density at radius 3 is 2.07 bits per heavy atom. The number of rotatable bonds is 3. The van der Waals surface area contributed by atoms with Crippen LogP contribution in [0.1, 0.15) is 24.1 Å². The van der Waals surface area contributed by atoms with Crippen LogP contribution in [-0.2, 0) is 12.8 Å². The Balaban J connectivity index is 1.36. The normalized spacial score (nSPS) is 13.4. The summed E-state index contributed by atoms with van der Waals surface area (Å²) >= 11 is 1.92. The fourth-order valence-electron chi connectivity index (χ4n) is 7.59. The minimum absolute atomic E-state index is 0.766. The van der Waals surface area contributed by atoms with Crippen LogP contribution >= 0.6 is 11.3 Å². The molecule has 1 aliphatic carbocycles. The van der Waals surface area contributed by atoms with Crippen LogP contribution in [0, 0.1) is 0 Å². The molecule has 0 unspecified atom stereocenters. The van der Waals surface area contributed by atoms with Gasteiger partial charge in [0.15, 0.2) is 0 Å². The van der Waals surface area contributed by atoms with Crippen LogP contribution in [0.15, 0.2) is 121 Å². The molecule has 0 saturated heterocycles. The Kier molecular flexibility index (Phi) is 5.37. The van der Waals surface area contributed by atoms with Crippen LogP contribution in [0.5, 0.6) is 0 Å². The third kappa shape index (κ3) is 3.59. The highest BCUT2D eigenvalue weighted by Gasteiger charge is 2.27. The smallest absolute Gasteiger partial charge is 0.235 e. The minimum Gasteiger partial charge on any atom is -0.308 e. The molecule has 0 radical (unpaired) electrons. The van der Waals surface area contributed by atoms with E-state index in [1.807, 2.05) is 11.3 Å². The molecule has 214 valence electrons. The molecule has 10 rings (SSSR count). The van der Waals surface area contributed by atoms with Gasteiger partial charge in [-0.25, -0.2) is 9.97 Å². The van der Waals surface area contributed by atoms with Crippen molar-refractivity contribution in [2.75, 3.05) is 0 Å². The first-order valence-corrected chi connectivity index (χ1v) is 16.6. The molecule has 0 saturated carbocycles. The number of nitrogens with zero attached hydrogens (tertiary/aromatic N) is 4. The van der Waals surface area contributed by atoms with Gasteiger partial charge in [-0.1, -0.05) is 97.1 Å². The molecule has 4 heterocycles. The van der Waals surface area contributed by atoms with Crippen molar-refractivity contribution in [3.05, 3.63) is 133 Å². The van der Waals surface area contributed by atoms with Crippen molar-refractivity contribution in [2.24, 2.45) is 0 Å². The van der Waals surface area contributed by atoms with Gasteiger partial charge in [-0.15, -0.1) is 11.3 Å². The lowest BCUT2D eigenvalue weighted by Crippen LogP contribution is -2.10. The standard InChI is InChI=1S/C40H28N4S/c1-3-13-25(14-4-1)35-29-18-7-10-20-32(29)41-40(42-35)44-33-21-11-8-17-27(33)28-23-24-31-37-38(45-39(31)36(28)44)30-19-9-12-22-34(30)43(37)26-15-5-2-6-16-26/h1-7,9-10,12-16,18-20,22-24H,8,11,17,21H2. The molecule has 0 N–H and O–H groups in total. The largest absolute Gasteiger partial charge is 0.308 e. The van der Waals surface area contributed by atoms with Crippen molar-refractivity contribution in [3.8, 4) is 22.9 Å². The minimum atomic E-state index is 0.766. The third-order valence-electron chi connectivity index (χ3n) is 9.53. The summed E-state index contributed by atoms with van der Waals surface area (Å²) in [5.41, 5.74) is 10.8. The number of aryl methyl sites for hydroxylation is 1. The number of hydrogen-bond acceptors (Lipinski definition) is 3. The van der Waals surface area contributed by atoms with E-state index in [1.54, 1.807) is 0 Å². The van der Waals surface area contributed by atoms with E-state index in [0.29, 0.717) is 0 Å². The van der Waals surface area contributed by atoms with E-state index in [2.05, 4.69) is 130 Å². The average Bonchev–Trinajstić information content (AvgIpc) is 3.76. The predicted molar refractivity (Wildman–Crippen MR) is 188 cm³/mol. The van der Waals surface area contributed by atoms with Gasteiger partial charge in [0.2, 0.25) is 5.95 Å². The number of aromatic nitrogens is 4. The van der Waals surface area contributed by atoms with Gasteiger partial charge in [0.25, 0.3) is 0 Å². The summed E-state index contributed by atoms with van der Waals surface area (Å²) in [4.78, 5) is 10.7. The summed E-state index contributed by atoms with van der Waals surface area (Å²) in [6, 6.07) is 43.3. The zero-order valence-electron chi connectivity index (χ0n) is 24.6. The second kappa shape index (κ2) is 9.62. The molecule has 0 bridgehead atoms.